The first-order chi connectivity index (χ1) is 7.27. The van der Waals surface area contributed by atoms with Crippen molar-refractivity contribution in [2.75, 3.05) is 26.2 Å². The fraction of sp³-hybridized carbons (Fsp3) is 0.556. The van der Waals surface area contributed by atoms with Gasteiger partial charge in [0.15, 0.2) is 0 Å². The van der Waals surface area contributed by atoms with Crippen LogP contribution in [0, 0.1) is 0 Å². The van der Waals surface area contributed by atoms with Gasteiger partial charge in [0.1, 0.15) is 5.84 Å². The average molecular weight is 386 g/mol. The van der Waals surface area contributed by atoms with Crippen LogP contribution < -0.4 is 5.32 Å². The summed E-state index contributed by atoms with van der Waals surface area (Å²) >= 11 is 3.32. The molecule has 0 saturated carbocycles. The molecule has 0 aliphatic carbocycles. The molecule has 1 fully saturated rings. The summed E-state index contributed by atoms with van der Waals surface area (Å²) < 4.78 is 7.71. The fourth-order valence-electron chi connectivity index (χ4n) is 1.56. The lowest BCUT2D eigenvalue weighted by atomic mass is 10.3. The Bertz CT molecular complexity index is 329. The van der Waals surface area contributed by atoms with Crippen molar-refractivity contribution >= 4 is 46.8 Å². The number of aliphatic hydroxyl groups is 1. The molecule has 84 valence electrons. The molecule has 4 nitrogen and oxygen atoms in total. The second-order valence-electron chi connectivity index (χ2n) is 3.45. The third-order valence-electron chi connectivity index (χ3n) is 2.28. The zero-order chi connectivity index (χ0) is 10.7. The summed E-state index contributed by atoms with van der Waals surface area (Å²) in [5, 5.41) is 12.9. The Kier molecular flexibility index (Phi) is 4.30. The van der Waals surface area contributed by atoms with E-state index in [-0.39, 0.29) is 27.1 Å². The zero-order valence-corrected chi connectivity index (χ0v) is 11.9. The van der Waals surface area contributed by atoms with Gasteiger partial charge in [-0.15, -0.1) is 0 Å². The number of β-amino-alcohol motifs (C(OH)–C–C–N with tert-alkyl or cyclic N) is 1. The normalized spacial score (nSPS) is 27.6. The van der Waals surface area contributed by atoms with Crippen LogP contribution in [0.1, 0.15) is 0 Å². The Morgan fingerprint density at radius 1 is 1.67 bits per heavy atom. The predicted molar refractivity (Wildman–Crippen MR) is 75.0 cm³/mol. The van der Waals surface area contributed by atoms with E-state index in [4.69, 9.17) is 0 Å². The topological polar surface area (TPSA) is 47.9 Å². The van der Waals surface area contributed by atoms with Crippen LogP contribution >= 0.6 is 36.9 Å². The molecule has 2 heterocycles. The number of amidine groups is 1. The molecule has 6 heteroatoms. The van der Waals surface area contributed by atoms with E-state index >= 15 is 0 Å². The molecule has 1 atom stereocenters. The Balaban J connectivity index is 2.12. The molecule has 2 rings (SSSR count). The minimum atomic E-state index is -0.306. The number of hydrogen-bond acceptors (Lipinski definition) is 4. The molecule has 2 N–H and O–H groups in total. The van der Waals surface area contributed by atoms with E-state index < -0.39 is 0 Å². The van der Waals surface area contributed by atoms with Crippen LogP contribution in [0.3, 0.4) is 0 Å². The lowest BCUT2D eigenvalue weighted by molar-refractivity contribution is 0.156. The van der Waals surface area contributed by atoms with E-state index in [9.17, 15) is 5.11 Å². The van der Waals surface area contributed by atoms with E-state index in [1.807, 2.05) is 0 Å². The third-order valence-corrected chi connectivity index (χ3v) is 4.31. The van der Waals surface area contributed by atoms with Gasteiger partial charge in [-0.1, -0.05) is 0 Å². The smallest absolute Gasteiger partial charge is 0.148 e. The Labute approximate surface area is 108 Å². The Morgan fingerprint density at radius 2 is 2.53 bits per heavy atom. The van der Waals surface area contributed by atoms with Crippen molar-refractivity contribution in [1.29, 1.82) is 0 Å². The van der Waals surface area contributed by atoms with E-state index in [0.717, 1.165) is 23.4 Å². The van der Waals surface area contributed by atoms with Crippen LogP contribution in [0.25, 0.3) is 0 Å². The van der Waals surface area contributed by atoms with Gasteiger partial charge in [-0.05, 0) is 26.0 Å². The lowest BCUT2D eigenvalue weighted by Crippen LogP contribution is -2.38. The summed E-state index contributed by atoms with van der Waals surface area (Å²) in [4.78, 5) is 2.15. The molecule has 2 aliphatic heterocycles. The van der Waals surface area contributed by atoms with E-state index in [2.05, 4.69) is 39.4 Å². The second kappa shape index (κ2) is 5.51. The van der Waals surface area contributed by atoms with Gasteiger partial charge in [0.05, 0.1) is 10.6 Å². The molecule has 0 aromatic carbocycles. The molecule has 0 aromatic rings. The monoisotopic (exact) mass is 385 g/mol. The quantitative estimate of drug-likeness (QED) is 0.601. The van der Waals surface area contributed by atoms with Crippen LogP contribution in [0.2, 0.25) is 0 Å². The standard InChI is InChI=1S/C9H13BrIN3O/c10-8-1-2-11-13-9(8)14-4-3-12-5-7(15)6-14/h1-2,7,12,15H,3-6H2. The van der Waals surface area contributed by atoms with Crippen molar-refractivity contribution in [3.63, 3.8) is 0 Å². The van der Waals surface area contributed by atoms with E-state index in [1.165, 1.54) is 0 Å². The van der Waals surface area contributed by atoms with Crippen molar-refractivity contribution in [3.8, 4) is 0 Å². The highest BCUT2D eigenvalue weighted by Crippen LogP contribution is 2.19. The number of halogens is 2. The molecular weight excluding hydrogens is 373 g/mol. The molecule has 0 spiro atoms. The molecule has 0 aromatic heterocycles. The number of nitrogens with one attached hydrogen (secondary N) is 1. The lowest BCUT2D eigenvalue weighted by Gasteiger charge is -2.25. The summed E-state index contributed by atoms with van der Waals surface area (Å²) in [7, 11) is 0. The van der Waals surface area contributed by atoms with E-state index in [0.29, 0.717) is 13.1 Å². The summed E-state index contributed by atoms with van der Waals surface area (Å²) in [5.74, 6) is 1.01. The van der Waals surface area contributed by atoms with Gasteiger partial charge >= 0.3 is 0 Å². The van der Waals surface area contributed by atoms with Crippen molar-refractivity contribution in [3.05, 3.63) is 10.6 Å². The number of nitrogens with zero attached hydrogens (tertiary/aromatic N) is 2. The van der Waals surface area contributed by atoms with Gasteiger partial charge in [-0.3, -0.25) is 0 Å². The van der Waals surface area contributed by atoms with Gasteiger partial charge < -0.3 is 15.3 Å². The maximum Gasteiger partial charge on any atom is 0.148 e. The molecule has 0 amide bonds. The van der Waals surface area contributed by atoms with Crippen LogP contribution in [-0.4, -0.2) is 52.1 Å². The van der Waals surface area contributed by atoms with Gasteiger partial charge in [0, 0.05) is 47.2 Å². The van der Waals surface area contributed by atoms with Crippen LogP contribution in [-0.2, 0) is 0 Å². The molecule has 0 radical (unpaired) electrons. The van der Waals surface area contributed by atoms with Gasteiger partial charge in [0.25, 0.3) is 0 Å². The van der Waals surface area contributed by atoms with Gasteiger partial charge in [0.2, 0.25) is 0 Å². The van der Waals surface area contributed by atoms with Crippen LogP contribution in [0.15, 0.2) is 13.8 Å². The molecular formula is C9H13BrIN3O. The van der Waals surface area contributed by atoms with Crippen LogP contribution in [0.5, 0.6) is 0 Å². The van der Waals surface area contributed by atoms with Crippen molar-refractivity contribution < 1.29 is 5.11 Å². The number of allylic oxidation sites excluding steroid dienone is 1. The second-order valence-corrected chi connectivity index (χ2v) is 6.06. The van der Waals surface area contributed by atoms with Crippen molar-refractivity contribution in [2.45, 2.75) is 6.10 Å². The number of rotatable bonds is 0. The molecule has 0 bridgehead atoms. The molecule has 2 aliphatic rings. The first-order valence-electron chi connectivity index (χ1n) is 4.81. The van der Waals surface area contributed by atoms with Crippen molar-refractivity contribution in [2.24, 2.45) is 3.21 Å². The first kappa shape index (κ1) is 11.7. The highest BCUT2D eigenvalue weighted by Gasteiger charge is 2.20. The summed E-state index contributed by atoms with van der Waals surface area (Å²) in [6.45, 7) is 3.14. The summed E-state index contributed by atoms with van der Waals surface area (Å²) in [5.41, 5.74) is 0. The third kappa shape index (κ3) is 3.08. The minimum Gasteiger partial charge on any atom is -0.390 e. The zero-order valence-electron chi connectivity index (χ0n) is 8.16. The Hall–Kier alpha value is 0.210. The highest BCUT2D eigenvalue weighted by molar-refractivity contribution is 14.2. The van der Waals surface area contributed by atoms with Gasteiger partial charge in [-0.25, -0.2) is 3.21 Å². The largest absolute Gasteiger partial charge is 0.390 e. The summed E-state index contributed by atoms with van der Waals surface area (Å²) in [6.07, 6.45) is 1.76. The Morgan fingerprint density at radius 3 is 3.33 bits per heavy atom. The molecule has 1 unspecified atom stereocenters. The van der Waals surface area contributed by atoms with Crippen molar-refractivity contribution in [1.82, 2.24) is 10.2 Å². The molecule has 1 saturated heterocycles. The fourth-order valence-corrected chi connectivity index (χ4v) is 4.37. The maximum absolute atomic E-state index is 9.68. The number of aliphatic hydroxyl groups excluding tert-OH is 1. The first-order valence-corrected chi connectivity index (χ1v) is 7.81. The predicted octanol–water partition coefficient (Wildman–Crippen LogP) is 0.631. The molecule has 15 heavy (non-hydrogen) atoms. The maximum atomic E-state index is 9.68. The SMILES string of the molecule is OC1CNCCN(C2=NI=CC=C2Br)C1. The highest BCUT2D eigenvalue weighted by atomic mass is 127. The summed E-state index contributed by atoms with van der Waals surface area (Å²) in [6, 6.07) is 0. The average Bonchev–Trinajstić information content (AvgIpc) is 2.43. The number of hydrogen-bond donors (Lipinski definition) is 2. The van der Waals surface area contributed by atoms with E-state index in [1.54, 1.807) is 0 Å². The van der Waals surface area contributed by atoms with Crippen LogP contribution in [0.4, 0.5) is 0 Å². The van der Waals surface area contributed by atoms with Gasteiger partial charge in [-0.2, -0.15) is 0 Å². The minimum absolute atomic E-state index is 0.190.